The van der Waals surface area contributed by atoms with E-state index in [-0.39, 0.29) is 24.0 Å². The summed E-state index contributed by atoms with van der Waals surface area (Å²) in [5.74, 6) is 0.728. The van der Waals surface area contributed by atoms with Crippen LogP contribution < -0.4 is 10.6 Å². The standard InChI is InChI=1S/C16H21BrClN5.HI/c1-10-14(11(2)23(4)22-10)9-21-16(19-3)20-8-12-5-6-13(17)7-15(12)18;/h5-7H,8-9H2,1-4H3,(H2,19,20,21);1H. The van der Waals surface area contributed by atoms with E-state index in [0.717, 1.165) is 32.4 Å². The van der Waals surface area contributed by atoms with Crippen LogP contribution in [0.5, 0.6) is 0 Å². The third-order valence-electron chi connectivity index (χ3n) is 3.78. The average molecular weight is 527 g/mol. The highest BCUT2D eigenvalue weighted by Gasteiger charge is 2.10. The van der Waals surface area contributed by atoms with Gasteiger partial charge in [0.1, 0.15) is 0 Å². The first-order chi connectivity index (χ1) is 10.9. The van der Waals surface area contributed by atoms with Crippen LogP contribution in [-0.2, 0) is 20.1 Å². The third kappa shape index (κ3) is 5.35. The Morgan fingerprint density at radius 3 is 2.50 bits per heavy atom. The number of rotatable bonds is 4. The van der Waals surface area contributed by atoms with Gasteiger partial charge in [0.05, 0.1) is 5.69 Å². The lowest BCUT2D eigenvalue weighted by atomic mass is 10.2. The van der Waals surface area contributed by atoms with Crippen molar-refractivity contribution in [2.45, 2.75) is 26.9 Å². The van der Waals surface area contributed by atoms with Crippen molar-refractivity contribution >= 4 is 57.5 Å². The van der Waals surface area contributed by atoms with E-state index in [4.69, 9.17) is 11.6 Å². The molecule has 1 aromatic carbocycles. The molecule has 0 fully saturated rings. The summed E-state index contributed by atoms with van der Waals surface area (Å²) in [6.45, 7) is 5.37. The number of nitrogens with one attached hydrogen (secondary N) is 2. The first-order valence-electron chi connectivity index (χ1n) is 7.30. The number of nitrogens with zero attached hydrogens (tertiary/aromatic N) is 3. The van der Waals surface area contributed by atoms with Crippen LogP contribution in [0, 0.1) is 13.8 Å². The third-order valence-corrected chi connectivity index (χ3v) is 4.62. The molecular formula is C16H22BrClIN5. The molecule has 0 unspecified atom stereocenters. The van der Waals surface area contributed by atoms with Crippen LogP contribution in [0.3, 0.4) is 0 Å². The Labute approximate surface area is 173 Å². The second kappa shape index (κ2) is 9.62. The fraction of sp³-hybridized carbons (Fsp3) is 0.375. The zero-order valence-corrected chi connectivity index (χ0v) is 18.8. The second-order valence-corrected chi connectivity index (χ2v) is 6.61. The summed E-state index contributed by atoms with van der Waals surface area (Å²) in [7, 11) is 3.70. The van der Waals surface area contributed by atoms with Crippen molar-refractivity contribution in [1.29, 1.82) is 0 Å². The zero-order valence-electron chi connectivity index (χ0n) is 14.2. The van der Waals surface area contributed by atoms with Crippen LogP contribution in [0.2, 0.25) is 5.02 Å². The minimum Gasteiger partial charge on any atom is -0.352 e. The Bertz CT molecular complexity index is 729. The number of aliphatic imine (C=N–C) groups is 1. The highest BCUT2D eigenvalue weighted by molar-refractivity contribution is 14.0. The fourth-order valence-electron chi connectivity index (χ4n) is 2.31. The number of hydrogen-bond acceptors (Lipinski definition) is 2. The monoisotopic (exact) mass is 525 g/mol. The molecule has 2 aromatic rings. The Hall–Kier alpha value is -0.800. The van der Waals surface area contributed by atoms with Gasteiger partial charge in [-0.1, -0.05) is 33.6 Å². The first-order valence-corrected chi connectivity index (χ1v) is 8.47. The topological polar surface area (TPSA) is 54.2 Å². The lowest BCUT2D eigenvalue weighted by Gasteiger charge is -2.13. The van der Waals surface area contributed by atoms with E-state index in [1.165, 1.54) is 5.56 Å². The first kappa shape index (κ1) is 21.2. The van der Waals surface area contributed by atoms with Crippen LogP contribution in [-0.4, -0.2) is 22.8 Å². The van der Waals surface area contributed by atoms with Gasteiger partial charge in [-0.2, -0.15) is 5.10 Å². The predicted molar refractivity (Wildman–Crippen MR) is 114 cm³/mol. The smallest absolute Gasteiger partial charge is 0.191 e. The number of aryl methyl sites for hydroxylation is 2. The van der Waals surface area contributed by atoms with E-state index in [0.29, 0.717) is 13.1 Å². The van der Waals surface area contributed by atoms with Crippen molar-refractivity contribution in [1.82, 2.24) is 20.4 Å². The molecule has 132 valence electrons. The minimum atomic E-state index is 0. The van der Waals surface area contributed by atoms with Crippen molar-refractivity contribution in [2.75, 3.05) is 7.05 Å². The summed E-state index contributed by atoms with van der Waals surface area (Å²) >= 11 is 9.64. The van der Waals surface area contributed by atoms with Gasteiger partial charge in [-0.3, -0.25) is 9.67 Å². The van der Waals surface area contributed by atoms with Gasteiger partial charge in [-0.05, 0) is 31.5 Å². The van der Waals surface area contributed by atoms with Crippen LogP contribution >= 0.6 is 51.5 Å². The van der Waals surface area contributed by atoms with Gasteiger partial charge in [0.25, 0.3) is 0 Å². The van der Waals surface area contributed by atoms with Crippen molar-refractivity contribution in [2.24, 2.45) is 12.0 Å². The molecule has 0 amide bonds. The molecule has 0 saturated carbocycles. The lowest BCUT2D eigenvalue weighted by Crippen LogP contribution is -2.36. The predicted octanol–water partition coefficient (Wildman–Crippen LogP) is 3.94. The maximum atomic E-state index is 6.23. The summed E-state index contributed by atoms with van der Waals surface area (Å²) in [6, 6.07) is 5.85. The normalized spacial score (nSPS) is 11.2. The van der Waals surface area contributed by atoms with E-state index < -0.39 is 0 Å². The molecule has 0 atom stereocenters. The molecule has 5 nitrogen and oxygen atoms in total. The van der Waals surface area contributed by atoms with E-state index >= 15 is 0 Å². The molecule has 0 aliphatic heterocycles. The Morgan fingerprint density at radius 2 is 1.96 bits per heavy atom. The minimum absolute atomic E-state index is 0. The van der Waals surface area contributed by atoms with Crippen molar-refractivity contribution in [3.05, 3.63) is 50.2 Å². The maximum absolute atomic E-state index is 6.23. The molecule has 8 heteroatoms. The summed E-state index contributed by atoms with van der Waals surface area (Å²) in [4.78, 5) is 4.25. The van der Waals surface area contributed by atoms with E-state index in [1.54, 1.807) is 7.05 Å². The molecule has 0 aliphatic carbocycles. The molecule has 0 bridgehead atoms. The van der Waals surface area contributed by atoms with Crippen molar-refractivity contribution < 1.29 is 0 Å². The van der Waals surface area contributed by atoms with Gasteiger partial charge >= 0.3 is 0 Å². The summed E-state index contributed by atoms with van der Waals surface area (Å²) < 4.78 is 2.86. The van der Waals surface area contributed by atoms with E-state index in [1.807, 2.05) is 36.9 Å². The van der Waals surface area contributed by atoms with Crippen molar-refractivity contribution in [3.63, 3.8) is 0 Å². The Balaban J connectivity index is 0.00000288. The fourth-order valence-corrected chi connectivity index (χ4v) is 3.05. The number of hydrogen-bond donors (Lipinski definition) is 2. The Morgan fingerprint density at radius 1 is 1.29 bits per heavy atom. The molecule has 2 N–H and O–H groups in total. The summed E-state index contributed by atoms with van der Waals surface area (Å²) in [5, 5.41) is 11.7. The van der Waals surface area contributed by atoms with Crippen LogP contribution in [0.15, 0.2) is 27.7 Å². The largest absolute Gasteiger partial charge is 0.352 e. The number of halogens is 3. The molecular weight excluding hydrogens is 504 g/mol. The molecule has 1 heterocycles. The van der Waals surface area contributed by atoms with Gasteiger partial charge in [0.2, 0.25) is 0 Å². The van der Waals surface area contributed by atoms with Gasteiger partial charge in [0, 0.05) is 47.9 Å². The molecule has 0 aliphatic rings. The van der Waals surface area contributed by atoms with E-state index in [9.17, 15) is 0 Å². The van der Waals surface area contributed by atoms with Crippen LogP contribution in [0.4, 0.5) is 0 Å². The molecule has 2 rings (SSSR count). The van der Waals surface area contributed by atoms with Crippen LogP contribution in [0.25, 0.3) is 0 Å². The number of guanidine groups is 1. The van der Waals surface area contributed by atoms with Crippen molar-refractivity contribution in [3.8, 4) is 0 Å². The summed E-state index contributed by atoms with van der Waals surface area (Å²) in [6.07, 6.45) is 0. The summed E-state index contributed by atoms with van der Waals surface area (Å²) in [5.41, 5.74) is 4.40. The van der Waals surface area contributed by atoms with Gasteiger partial charge in [0.15, 0.2) is 5.96 Å². The second-order valence-electron chi connectivity index (χ2n) is 5.29. The molecule has 0 radical (unpaired) electrons. The maximum Gasteiger partial charge on any atom is 0.191 e. The molecule has 0 spiro atoms. The SMILES string of the molecule is CN=C(NCc1ccc(Br)cc1Cl)NCc1c(C)nn(C)c1C.I. The van der Waals surface area contributed by atoms with Crippen LogP contribution in [0.1, 0.15) is 22.5 Å². The molecule has 24 heavy (non-hydrogen) atoms. The van der Waals surface area contributed by atoms with Gasteiger partial charge in [-0.15, -0.1) is 24.0 Å². The highest BCUT2D eigenvalue weighted by Crippen LogP contribution is 2.21. The molecule has 1 aromatic heterocycles. The van der Waals surface area contributed by atoms with Gasteiger partial charge < -0.3 is 10.6 Å². The lowest BCUT2D eigenvalue weighted by molar-refractivity contribution is 0.728. The van der Waals surface area contributed by atoms with Gasteiger partial charge in [-0.25, -0.2) is 0 Å². The van der Waals surface area contributed by atoms with E-state index in [2.05, 4.69) is 43.6 Å². The number of aromatic nitrogens is 2. The highest BCUT2D eigenvalue weighted by atomic mass is 127. The average Bonchev–Trinajstić information content (AvgIpc) is 2.74. The number of benzene rings is 1. The Kier molecular flexibility index (Phi) is 8.52. The quantitative estimate of drug-likeness (QED) is 0.361. The zero-order chi connectivity index (χ0) is 17.0. The molecule has 0 saturated heterocycles.